The Morgan fingerprint density at radius 3 is 2.07 bits per heavy atom. The van der Waals surface area contributed by atoms with Gasteiger partial charge in [-0.15, -0.1) is 0 Å². The van der Waals surface area contributed by atoms with E-state index in [9.17, 15) is 13.2 Å². The van der Waals surface area contributed by atoms with Crippen molar-refractivity contribution in [2.24, 2.45) is 0 Å². The van der Waals surface area contributed by atoms with Crippen LogP contribution >= 0.6 is 0 Å². The lowest BCUT2D eigenvalue weighted by atomic mass is 9.81. The van der Waals surface area contributed by atoms with Gasteiger partial charge in [0.1, 0.15) is 0 Å². The Balaban J connectivity index is 1.67. The van der Waals surface area contributed by atoms with Crippen molar-refractivity contribution in [3.05, 3.63) is 96.1 Å². The van der Waals surface area contributed by atoms with Crippen LogP contribution in [0.3, 0.4) is 0 Å². The zero-order chi connectivity index (χ0) is 21.6. The number of hydrogen-bond donors (Lipinski definition) is 2. The van der Waals surface area contributed by atoms with Crippen molar-refractivity contribution in [1.29, 1.82) is 0 Å². The molecule has 0 aliphatic rings. The number of carbonyl (C=O) groups is 1. The summed E-state index contributed by atoms with van der Waals surface area (Å²) in [5, 5.41) is 2.92. The van der Waals surface area contributed by atoms with E-state index in [0.29, 0.717) is 17.7 Å². The molecule has 3 rings (SSSR count). The summed E-state index contributed by atoms with van der Waals surface area (Å²) < 4.78 is 27.9. The van der Waals surface area contributed by atoms with Crippen LogP contribution < -0.4 is 10.0 Å². The number of nitrogens with one attached hydrogen (secondary N) is 2. The summed E-state index contributed by atoms with van der Waals surface area (Å²) >= 11 is 0. The van der Waals surface area contributed by atoms with Crippen molar-refractivity contribution in [2.75, 3.05) is 4.72 Å². The SMILES string of the molecule is CC(C)(CC(=O)NCc1ccccc1NS(=O)(=O)c1ccccc1)c1ccccc1. The van der Waals surface area contributed by atoms with Crippen molar-refractivity contribution >= 4 is 21.6 Å². The molecule has 0 bridgehead atoms. The maximum Gasteiger partial charge on any atom is 0.261 e. The van der Waals surface area contributed by atoms with Crippen LogP contribution in [0.4, 0.5) is 5.69 Å². The van der Waals surface area contributed by atoms with Gasteiger partial charge in [-0.2, -0.15) is 0 Å². The van der Waals surface area contributed by atoms with Crippen LogP contribution in [0.15, 0.2) is 89.8 Å². The van der Waals surface area contributed by atoms with Crippen LogP contribution in [0.25, 0.3) is 0 Å². The zero-order valence-electron chi connectivity index (χ0n) is 17.1. The topological polar surface area (TPSA) is 75.3 Å². The summed E-state index contributed by atoms with van der Waals surface area (Å²) in [4.78, 5) is 12.8. The van der Waals surface area contributed by atoms with Gasteiger partial charge < -0.3 is 5.32 Å². The standard InChI is InChI=1S/C24H26N2O3S/c1-24(2,20-12-5-3-6-13-20)17-23(27)25-18-19-11-9-10-16-22(19)26-30(28,29)21-14-7-4-8-15-21/h3-16,26H,17-18H2,1-2H3,(H,25,27). The van der Waals surface area contributed by atoms with Gasteiger partial charge in [0.25, 0.3) is 10.0 Å². The first kappa shape index (κ1) is 21.6. The molecule has 0 spiro atoms. The van der Waals surface area contributed by atoms with Crippen LogP contribution in [0.2, 0.25) is 0 Å². The number of carbonyl (C=O) groups excluding carboxylic acids is 1. The van der Waals surface area contributed by atoms with Gasteiger partial charge in [-0.1, -0.05) is 80.6 Å². The zero-order valence-corrected chi connectivity index (χ0v) is 17.9. The van der Waals surface area contributed by atoms with Gasteiger partial charge in [0.2, 0.25) is 5.91 Å². The Bertz CT molecular complexity index is 1100. The normalized spacial score (nSPS) is 11.7. The monoisotopic (exact) mass is 422 g/mol. The summed E-state index contributed by atoms with van der Waals surface area (Å²) in [5.74, 6) is -0.0930. The van der Waals surface area contributed by atoms with Gasteiger partial charge in [0.05, 0.1) is 10.6 Å². The lowest BCUT2D eigenvalue weighted by molar-refractivity contribution is -0.122. The van der Waals surface area contributed by atoms with Crippen molar-refractivity contribution in [3.63, 3.8) is 0 Å². The van der Waals surface area contributed by atoms with E-state index in [1.165, 1.54) is 0 Å². The van der Waals surface area contributed by atoms with Crippen LogP contribution in [-0.4, -0.2) is 14.3 Å². The van der Waals surface area contributed by atoms with Crippen molar-refractivity contribution < 1.29 is 13.2 Å². The van der Waals surface area contributed by atoms with Gasteiger partial charge >= 0.3 is 0 Å². The Labute approximate surface area is 178 Å². The molecule has 0 atom stereocenters. The minimum atomic E-state index is -3.70. The molecular formula is C24H26N2O3S. The highest BCUT2D eigenvalue weighted by atomic mass is 32.2. The van der Waals surface area contributed by atoms with Gasteiger partial charge in [-0.05, 0) is 34.7 Å². The van der Waals surface area contributed by atoms with Crippen LogP contribution in [0, 0.1) is 0 Å². The van der Waals surface area contributed by atoms with E-state index in [1.807, 2.05) is 50.2 Å². The Kier molecular flexibility index (Phi) is 6.57. The molecule has 0 aliphatic carbocycles. The molecule has 156 valence electrons. The third kappa shape index (κ3) is 5.48. The molecule has 3 aromatic rings. The van der Waals surface area contributed by atoms with Crippen LogP contribution in [-0.2, 0) is 26.8 Å². The maximum absolute atomic E-state index is 12.6. The van der Waals surface area contributed by atoms with Gasteiger partial charge in [-0.25, -0.2) is 8.42 Å². The molecule has 0 aliphatic heterocycles. The van der Waals surface area contributed by atoms with Gasteiger partial charge in [0, 0.05) is 13.0 Å². The van der Waals surface area contributed by atoms with E-state index >= 15 is 0 Å². The average Bonchev–Trinajstić information content (AvgIpc) is 2.74. The smallest absolute Gasteiger partial charge is 0.261 e. The highest BCUT2D eigenvalue weighted by molar-refractivity contribution is 7.92. The number of amides is 1. The molecule has 0 unspecified atom stereocenters. The quantitative estimate of drug-likeness (QED) is 0.562. The third-order valence-corrected chi connectivity index (χ3v) is 6.33. The number of para-hydroxylation sites is 1. The van der Waals surface area contributed by atoms with Gasteiger partial charge in [-0.3, -0.25) is 9.52 Å². The molecule has 30 heavy (non-hydrogen) atoms. The average molecular weight is 423 g/mol. The van der Waals surface area contributed by atoms with E-state index in [4.69, 9.17) is 0 Å². The molecule has 0 saturated carbocycles. The molecule has 3 aromatic carbocycles. The summed E-state index contributed by atoms with van der Waals surface area (Å²) in [6.45, 7) is 4.30. The van der Waals surface area contributed by atoms with E-state index in [1.54, 1.807) is 48.5 Å². The molecule has 2 N–H and O–H groups in total. The van der Waals surface area contributed by atoms with Crippen LogP contribution in [0.5, 0.6) is 0 Å². The molecule has 0 aromatic heterocycles. The van der Waals surface area contributed by atoms with Gasteiger partial charge in [0.15, 0.2) is 0 Å². The number of rotatable bonds is 8. The Hall–Kier alpha value is -3.12. The molecule has 1 amide bonds. The first-order valence-corrected chi connectivity index (χ1v) is 11.2. The fourth-order valence-electron chi connectivity index (χ4n) is 3.23. The molecule has 0 fully saturated rings. The number of anilines is 1. The second-order valence-corrected chi connectivity index (χ2v) is 9.46. The number of sulfonamides is 1. The first-order chi connectivity index (χ1) is 14.3. The summed E-state index contributed by atoms with van der Waals surface area (Å²) in [7, 11) is -3.70. The fourth-order valence-corrected chi connectivity index (χ4v) is 4.35. The Morgan fingerprint density at radius 2 is 1.40 bits per heavy atom. The van der Waals surface area contributed by atoms with E-state index in [0.717, 1.165) is 5.56 Å². The highest BCUT2D eigenvalue weighted by Gasteiger charge is 2.24. The molecule has 5 nitrogen and oxygen atoms in total. The predicted octanol–water partition coefficient (Wildman–Crippen LogP) is 4.47. The molecule has 0 radical (unpaired) electrons. The van der Waals surface area contributed by atoms with E-state index in [2.05, 4.69) is 10.0 Å². The van der Waals surface area contributed by atoms with Crippen LogP contribution in [0.1, 0.15) is 31.4 Å². The fraction of sp³-hybridized carbons (Fsp3) is 0.208. The van der Waals surface area contributed by atoms with Crippen molar-refractivity contribution in [2.45, 2.75) is 37.1 Å². The predicted molar refractivity (Wildman–Crippen MR) is 120 cm³/mol. The minimum absolute atomic E-state index is 0.0930. The second kappa shape index (κ2) is 9.13. The van der Waals surface area contributed by atoms with E-state index in [-0.39, 0.29) is 22.8 Å². The molecule has 6 heteroatoms. The summed E-state index contributed by atoms with van der Waals surface area (Å²) in [6, 6.07) is 25.2. The summed E-state index contributed by atoms with van der Waals surface area (Å²) in [6.07, 6.45) is 0.328. The number of benzene rings is 3. The lowest BCUT2D eigenvalue weighted by Crippen LogP contribution is -2.31. The highest BCUT2D eigenvalue weighted by Crippen LogP contribution is 2.27. The third-order valence-electron chi connectivity index (χ3n) is 4.95. The lowest BCUT2D eigenvalue weighted by Gasteiger charge is -2.24. The largest absolute Gasteiger partial charge is 0.352 e. The van der Waals surface area contributed by atoms with Crippen molar-refractivity contribution in [1.82, 2.24) is 5.32 Å². The molecule has 0 heterocycles. The molecule has 0 saturated heterocycles. The molecular weight excluding hydrogens is 396 g/mol. The van der Waals surface area contributed by atoms with Crippen molar-refractivity contribution in [3.8, 4) is 0 Å². The summed E-state index contributed by atoms with van der Waals surface area (Å²) in [5.41, 5.74) is 1.93. The van der Waals surface area contributed by atoms with E-state index < -0.39 is 10.0 Å². The second-order valence-electron chi connectivity index (χ2n) is 7.78. The maximum atomic E-state index is 12.6. The minimum Gasteiger partial charge on any atom is -0.352 e. The first-order valence-electron chi connectivity index (χ1n) is 9.76. The Morgan fingerprint density at radius 1 is 0.833 bits per heavy atom. The number of hydrogen-bond acceptors (Lipinski definition) is 3.